The van der Waals surface area contributed by atoms with Crippen LogP contribution in [0.1, 0.15) is 18.1 Å². The van der Waals surface area contributed by atoms with Crippen molar-refractivity contribution in [2.45, 2.75) is 19.4 Å². The van der Waals surface area contributed by atoms with E-state index in [1.165, 1.54) is 12.3 Å². The summed E-state index contributed by atoms with van der Waals surface area (Å²) in [5.41, 5.74) is 0.507. The van der Waals surface area contributed by atoms with Crippen molar-refractivity contribution < 1.29 is 18.9 Å². The third-order valence-electron chi connectivity index (χ3n) is 3.91. The first kappa shape index (κ1) is 15.7. The second-order valence-electron chi connectivity index (χ2n) is 5.75. The molecule has 0 spiro atoms. The number of hydrogen-bond acceptors (Lipinski definition) is 5. The van der Waals surface area contributed by atoms with E-state index in [-0.39, 0.29) is 5.82 Å². The van der Waals surface area contributed by atoms with Crippen molar-refractivity contribution in [1.82, 2.24) is 15.4 Å². The van der Waals surface area contributed by atoms with Gasteiger partial charge in [-0.25, -0.2) is 4.79 Å². The van der Waals surface area contributed by atoms with Crippen LogP contribution in [0.4, 0.5) is 10.6 Å². The lowest BCUT2D eigenvalue weighted by molar-refractivity contribution is -0.133. The van der Waals surface area contributed by atoms with Gasteiger partial charge in [0.15, 0.2) is 5.82 Å². The molecule has 1 unspecified atom stereocenters. The largest absolute Gasteiger partial charge is 0.363 e. The molecule has 0 saturated carbocycles. The van der Waals surface area contributed by atoms with Crippen molar-refractivity contribution in [3.63, 3.8) is 0 Å². The molecule has 124 valence electrons. The van der Waals surface area contributed by atoms with E-state index in [9.17, 15) is 14.4 Å². The predicted octanol–water partition coefficient (Wildman–Crippen LogP) is 1.39. The zero-order chi connectivity index (χ0) is 17.3. The van der Waals surface area contributed by atoms with Crippen LogP contribution < -0.4 is 10.6 Å². The standard InChI is InChI=1S/C16H16N4O4/c1-10-3-5-11(6-4-10)16(2)14(22)20(15(23)18-16)9-13(21)17-12-7-8-24-19-12/h3-8H,9H2,1-2H3,(H,18,23)(H,17,19,21). The van der Waals surface area contributed by atoms with Gasteiger partial charge < -0.3 is 15.2 Å². The molecule has 4 amide bonds. The molecule has 3 rings (SSSR count). The van der Waals surface area contributed by atoms with E-state index < -0.39 is 29.9 Å². The summed E-state index contributed by atoms with van der Waals surface area (Å²) in [7, 11) is 0. The van der Waals surface area contributed by atoms with Crippen LogP contribution in [0.25, 0.3) is 0 Å². The normalized spacial score (nSPS) is 20.2. The van der Waals surface area contributed by atoms with E-state index in [0.29, 0.717) is 5.56 Å². The average molecular weight is 328 g/mol. The molecule has 8 nitrogen and oxygen atoms in total. The van der Waals surface area contributed by atoms with Gasteiger partial charge in [-0.3, -0.25) is 14.5 Å². The molecule has 1 fully saturated rings. The van der Waals surface area contributed by atoms with Crippen LogP contribution in [-0.2, 0) is 15.1 Å². The van der Waals surface area contributed by atoms with Crippen LogP contribution in [0.2, 0.25) is 0 Å². The number of anilines is 1. The van der Waals surface area contributed by atoms with E-state index in [1.54, 1.807) is 19.1 Å². The summed E-state index contributed by atoms with van der Waals surface area (Å²) in [6, 6.07) is 8.14. The Balaban J connectivity index is 1.76. The van der Waals surface area contributed by atoms with E-state index in [2.05, 4.69) is 20.3 Å². The quantitative estimate of drug-likeness (QED) is 0.825. The summed E-state index contributed by atoms with van der Waals surface area (Å²) in [6.45, 7) is 3.15. The summed E-state index contributed by atoms with van der Waals surface area (Å²) >= 11 is 0. The van der Waals surface area contributed by atoms with E-state index >= 15 is 0 Å². The lowest BCUT2D eigenvalue weighted by Gasteiger charge is -2.22. The number of nitrogens with one attached hydrogen (secondary N) is 2. The average Bonchev–Trinajstić information content (AvgIpc) is 3.11. The number of rotatable bonds is 4. The van der Waals surface area contributed by atoms with Gasteiger partial charge in [-0.1, -0.05) is 35.0 Å². The number of carbonyl (C=O) groups excluding carboxylic acids is 3. The van der Waals surface area contributed by atoms with Crippen molar-refractivity contribution in [2.24, 2.45) is 0 Å². The van der Waals surface area contributed by atoms with Crippen molar-refractivity contribution >= 4 is 23.7 Å². The summed E-state index contributed by atoms with van der Waals surface area (Å²) in [5.74, 6) is -0.805. The smallest absolute Gasteiger partial charge is 0.325 e. The maximum atomic E-state index is 12.7. The molecule has 1 saturated heterocycles. The topological polar surface area (TPSA) is 105 Å². The van der Waals surface area contributed by atoms with Crippen LogP contribution in [0.5, 0.6) is 0 Å². The van der Waals surface area contributed by atoms with Crippen molar-refractivity contribution in [2.75, 3.05) is 11.9 Å². The number of carbonyl (C=O) groups is 3. The Labute approximate surface area is 137 Å². The highest BCUT2D eigenvalue weighted by Gasteiger charge is 2.49. The maximum Gasteiger partial charge on any atom is 0.325 e. The van der Waals surface area contributed by atoms with Crippen LogP contribution in [-0.4, -0.2) is 34.4 Å². The van der Waals surface area contributed by atoms with Crippen LogP contribution in [0, 0.1) is 6.92 Å². The Morgan fingerprint density at radius 2 is 2.00 bits per heavy atom. The molecule has 2 aromatic rings. The van der Waals surface area contributed by atoms with Crippen LogP contribution in [0.3, 0.4) is 0 Å². The molecule has 2 heterocycles. The molecular formula is C16H16N4O4. The van der Waals surface area contributed by atoms with Gasteiger partial charge >= 0.3 is 6.03 Å². The Morgan fingerprint density at radius 1 is 1.29 bits per heavy atom. The monoisotopic (exact) mass is 328 g/mol. The summed E-state index contributed by atoms with van der Waals surface area (Å²) in [6.07, 6.45) is 1.30. The first-order valence-electron chi connectivity index (χ1n) is 7.31. The lowest BCUT2D eigenvalue weighted by Crippen LogP contribution is -2.42. The number of benzene rings is 1. The fraction of sp³-hybridized carbons (Fsp3) is 0.250. The molecular weight excluding hydrogens is 312 g/mol. The summed E-state index contributed by atoms with van der Waals surface area (Å²) in [5, 5.41) is 8.64. The molecule has 1 aliphatic heterocycles. The number of imide groups is 1. The molecule has 1 aliphatic rings. The molecule has 0 aliphatic carbocycles. The Kier molecular flexibility index (Phi) is 3.80. The number of hydrogen-bond donors (Lipinski definition) is 2. The van der Waals surface area contributed by atoms with Crippen LogP contribution >= 0.6 is 0 Å². The third-order valence-corrected chi connectivity index (χ3v) is 3.91. The van der Waals surface area contributed by atoms with E-state index in [1.807, 2.05) is 19.1 Å². The Bertz CT molecular complexity index is 785. The predicted molar refractivity (Wildman–Crippen MR) is 83.9 cm³/mol. The Hall–Kier alpha value is -3.16. The zero-order valence-electron chi connectivity index (χ0n) is 13.2. The third kappa shape index (κ3) is 2.73. The minimum atomic E-state index is -1.20. The minimum absolute atomic E-state index is 0.216. The molecule has 1 atom stereocenters. The highest BCUT2D eigenvalue weighted by molar-refractivity contribution is 6.10. The second-order valence-corrected chi connectivity index (χ2v) is 5.75. The van der Waals surface area contributed by atoms with Gasteiger partial charge in [0, 0.05) is 6.07 Å². The van der Waals surface area contributed by atoms with Gasteiger partial charge in [0.05, 0.1) is 0 Å². The number of nitrogens with zero attached hydrogens (tertiary/aromatic N) is 2. The van der Waals surface area contributed by atoms with Gasteiger partial charge in [-0.05, 0) is 19.4 Å². The molecule has 2 N–H and O–H groups in total. The van der Waals surface area contributed by atoms with Gasteiger partial charge in [-0.2, -0.15) is 0 Å². The van der Waals surface area contributed by atoms with E-state index in [0.717, 1.165) is 10.5 Å². The molecule has 1 aromatic carbocycles. The summed E-state index contributed by atoms with van der Waals surface area (Å²) < 4.78 is 4.60. The zero-order valence-corrected chi connectivity index (χ0v) is 13.2. The first-order valence-corrected chi connectivity index (χ1v) is 7.31. The Morgan fingerprint density at radius 3 is 2.62 bits per heavy atom. The maximum absolute atomic E-state index is 12.7. The molecule has 24 heavy (non-hydrogen) atoms. The van der Waals surface area contributed by atoms with Crippen LogP contribution in [0.15, 0.2) is 41.1 Å². The van der Waals surface area contributed by atoms with E-state index in [4.69, 9.17) is 0 Å². The van der Waals surface area contributed by atoms with Gasteiger partial charge in [0.2, 0.25) is 5.91 Å². The highest BCUT2D eigenvalue weighted by Crippen LogP contribution is 2.28. The van der Waals surface area contributed by atoms with Gasteiger partial charge in [-0.15, -0.1) is 0 Å². The molecule has 8 heteroatoms. The molecule has 1 aromatic heterocycles. The van der Waals surface area contributed by atoms with Gasteiger partial charge in [0.1, 0.15) is 18.3 Å². The fourth-order valence-electron chi connectivity index (χ4n) is 2.53. The SMILES string of the molecule is Cc1ccc(C2(C)NC(=O)N(CC(=O)Nc3ccon3)C2=O)cc1. The fourth-order valence-corrected chi connectivity index (χ4v) is 2.53. The number of aryl methyl sites for hydroxylation is 1. The minimum Gasteiger partial charge on any atom is -0.363 e. The van der Waals surface area contributed by atoms with Crippen molar-refractivity contribution in [1.29, 1.82) is 0 Å². The van der Waals surface area contributed by atoms with Crippen molar-refractivity contribution in [3.8, 4) is 0 Å². The first-order chi connectivity index (χ1) is 11.4. The lowest BCUT2D eigenvalue weighted by atomic mass is 9.91. The van der Waals surface area contributed by atoms with Crippen molar-refractivity contribution in [3.05, 3.63) is 47.7 Å². The second kappa shape index (κ2) is 5.80. The highest BCUT2D eigenvalue weighted by atomic mass is 16.5. The molecule has 0 bridgehead atoms. The summed E-state index contributed by atoms with van der Waals surface area (Å²) in [4.78, 5) is 37.7. The van der Waals surface area contributed by atoms with Gasteiger partial charge in [0.25, 0.3) is 5.91 Å². The number of amides is 4. The number of urea groups is 1. The molecule has 0 radical (unpaired) electrons. The number of aromatic nitrogens is 1.